The van der Waals surface area contributed by atoms with Gasteiger partial charge in [0.15, 0.2) is 5.13 Å². The molecule has 0 radical (unpaired) electrons. The highest BCUT2D eigenvalue weighted by Gasteiger charge is 2.12. The second-order valence-electron chi connectivity index (χ2n) is 5.84. The van der Waals surface area contributed by atoms with Crippen molar-refractivity contribution in [1.29, 1.82) is 0 Å². The van der Waals surface area contributed by atoms with Crippen LogP contribution in [0.1, 0.15) is 16.1 Å². The molecular weight excluding hydrogens is 376 g/mol. The summed E-state index contributed by atoms with van der Waals surface area (Å²) < 4.78 is 5.12. The van der Waals surface area contributed by atoms with E-state index in [0.29, 0.717) is 23.8 Å². The number of carbonyl (C=O) groups excluding carboxylic acids is 2. The van der Waals surface area contributed by atoms with E-state index in [9.17, 15) is 9.59 Å². The molecule has 3 amide bonds. The fraction of sp³-hybridized carbons (Fsp3) is 0.150. The highest BCUT2D eigenvalue weighted by atomic mass is 32.1. The number of ether oxygens (including phenoxy) is 1. The number of hydrogen-bond acceptors (Lipinski definition) is 5. The van der Waals surface area contributed by atoms with Gasteiger partial charge in [0.25, 0.3) is 5.91 Å². The number of thiazole rings is 1. The molecule has 0 aliphatic heterocycles. The molecule has 3 N–H and O–H groups in total. The highest BCUT2D eigenvalue weighted by Crippen LogP contribution is 2.16. The molecule has 0 atom stereocenters. The maximum Gasteiger partial charge on any atom is 0.325 e. The van der Waals surface area contributed by atoms with E-state index in [1.807, 2.05) is 42.5 Å². The standard InChI is InChI=1S/C20H20N4O3S/c1-27-16-9-7-14(8-10-16)11-12-21-18(25)17-13-28-20(23-17)24-19(26)22-15-5-3-2-4-6-15/h2-10,13H,11-12H2,1H3,(H,21,25)(H2,22,23,24,26). The molecule has 2 aromatic carbocycles. The van der Waals surface area contributed by atoms with Crippen LogP contribution in [0.4, 0.5) is 15.6 Å². The van der Waals surface area contributed by atoms with Gasteiger partial charge in [-0.25, -0.2) is 9.78 Å². The second-order valence-corrected chi connectivity index (χ2v) is 6.70. The molecule has 0 bridgehead atoms. The normalized spacial score (nSPS) is 10.2. The molecule has 0 unspecified atom stereocenters. The SMILES string of the molecule is COc1ccc(CCNC(=O)c2csc(NC(=O)Nc3ccccc3)n2)cc1. The third kappa shape index (κ3) is 5.55. The fourth-order valence-corrected chi connectivity index (χ4v) is 3.11. The number of amides is 3. The second kappa shape index (κ2) is 9.52. The van der Waals surface area contributed by atoms with Crippen molar-refractivity contribution in [3.8, 4) is 5.75 Å². The first kappa shape index (κ1) is 19.4. The number of para-hydroxylation sites is 1. The number of hydrogen-bond donors (Lipinski definition) is 3. The van der Waals surface area contributed by atoms with E-state index in [-0.39, 0.29) is 11.6 Å². The topological polar surface area (TPSA) is 92.4 Å². The summed E-state index contributed by atoms with van der Waals surface area (Å²) in [6.07, 6.45) is 0.699. The van der Waals surface area contributed by atoms with Crippen LogP contribution in [0, 0.1) is 0 Å². The average Bonchev–Trinajstić information content (AvgIpc) is 3.17. The minimum atomic E-state index is -0.410. The molecule has 0 aliphatic rings. The number of rotatable bonds is 7. The molecule has 0 saturated heterocycles. The quantitative estimate of drug-likeness (QED) is 0.567. The Morgan fingerprint density at radius 3 is 2.50 bits per heavy atom. The Labute approximate surface area is 166 Å². The largest absolute Gasteiger partial charge is 0.497 e. The fourth-order valence-electron chi connectivity index (χ4n) is 2.42. The monoisotopic (exact) mass is 396 g/mol. The molecule has 0 fully saturated rings. The summed E-state index contributed by atoms with van der Waals surface area (Å²) in [4.78, 5) is 28.3. The number of nitrogens with one attached hydrogen (secondary N) is 3. The Morgan fingerprint density at radius 1 is 1.04 bits per heavy atom. The number of methoxy groups -OCH3 is 1. The maximum atomic E-state index is 12.2. The maximum absolute atomic E-state index is 12.2. The van der Waals surface area contributed by atoms with Gasteiger partial charge in [0.2, 0.25) is 0 Å². The summed E-state index contributed by atoms with van der Waals surface area (Å²) in [5.41, 5.74) is 2.04. The van der Waals surface area contributed by atoms with Gasteiger partial charge in [0.05, 0.1) is 7.11 Å². The van der Waals surface area contributed by atoms with E-state index in [1.165, 1.54) is 11.3 Å². The van der Waals surface area contributed by atoms with E-state index >= 15 is 0 Å². The number of aromatic nitrogens is 1. The molecule has 28 heavy (non-hydrogen) atoms. The van der Waals surface area contributed by atoms with Gasteiger partial charge in [0.1, 0.15) is 11.4 Å². The van der Waals surface area contributed by atoms with Gasteiger partial charge in [-0.05, 0) is 36.2 Å². The van der Waals surface area contributed by atoms with Gasteiger partial charge >= 0.3 is 6.03 Å². The molecule has 144 valence electrons. The van der Waals surface area contributed by atoms with Crippen LogP contribution in [0.15, 0.2) is 60.0 Å². The van der Waals surface area contributed by atoms with Crippen LogP contribution in [-0.2, 0) is 6.42 Å². The molecule has 3 aromatic rings. The molecular formula is C20H20N4O3S. The zero-order valence-corrected chi connectivity index (χ0v) is 16.1. The van der Waals surface area contributed by atoms with E-state index < -0.39 is 6.03 Å². The van der Waals surface area contributed by atoms with Crippen LogP contribution in [0.2, 0.25) is 0 Å². The van der Waals surface area contributed by atoms with Gasteiger partial charge in [0, 0.05) is 17.6 Å². The van der Waals surface area contributed by atoms with Crippen molar-refractivity contribution in [3.05, 3.63) is 71.2 Å². The molecule has 7 nitrogen and oxygen atoms in total. The molecule has 3 rings (SSSR count). The van der Waals surface area contributed by atoms with Gasteiger partial charge in [-0.3, -0.25) is 10.1 Å². The molecule has 1 heterocycles. The molecule has 1 aromatic heterocycles. The summed E-state index contributed by atoms with van der Waals surface area (Å²) >= 11 is 1.19. The van der Waals surface area contributed by atoms with Crippen LogP contribution < -0.4 is 20.7 Å². The lowest BCUT2D eigenvalue weighted by Gasteiger charge is -2.05. The van der Waals surface area contributed by atoms with Crippen molar-refractivity contribution >= 4 is 34.1 Å². The van der Waals surface area contributed by atoms with Gasteiger partial charge < -0.3 is 15.4 Å². The zero-order chi connectivity index (χ0) is 19.8. The summed E-state index contributed by atoms with van der Waals surface area (Å²) in [5, 5.41) is 10.1. The first-order valence-corrected chi connectivity index (χ1v) is 9.52. The Kier molecular flexibility index (Phi) is 6.59. The molecule has 8 heteroatoms. The van der Waals surface area contributed by atoms with Crippen LogP contribution in [0.25, 0.3) is 0 Å². The first-order chi connectivity index (χ1) is 13.6. The lowest BCUT2D eigenvalue weighted by atomic mass is 10.1. The summed E-state index contributed by atoms with van der Waals surface area (Å²) in [6, 6.07) is 16.4. The van der Waals surface area contributed by atoms with Gasteiger partial charge in [-0.15, -0.1) is 11.3 Å². The minimum absolute atomic E-state index is 0.273. The van der Waals surface area contributed by atoms with Crippen molar-refractivity contribution in [3.63, 3.8) is 0 Å². The Morgan fingerprint density at radius 2 is 1.79 bits per heavy atom. The number of benzene rings is 2. The van der Waals surface area contributed by atoms with Crippen molar-refractivity contribution in [2.24, 2.45) is 0 Å². The number of anilines is 2. The van der Waals surface area contributed by atoms with E-state index in [2.05, 4.69) is 20.9 Å². The predicted octanol–water partition coefficient (Wildman–Crippen LogP) is 3.77. The summed E-state index contributed by atoms with van der Waals surface area (Å²) in [6.45, 7) is 0.486. The lowest BCUT2D eigenvalue weighted by Crippen LogP contribution is -2.26. The van der Waals surface area contributed by atoms with Crippen molar-refractivity contribution in [2.45, 2.75) is 6.42 Å². The third-order valence-corrected chi connectivity index (χ3v) is 4.60. The minimum Gasteiger partial charge on any atom is -0.497 e. The van der Waals surface area contributed by atoms with Crippen molar-refractivity contribution < 1.29 is 14.3 Å². The van der Waals surface area contributed by atoms with Gasteiger partial charge in [-0.2, -0.15) is 0 Å². The van der Waals surface area contributed by atoms with Crippen LogP contribution in [0.3, 0.4) is 0 Å². The number of carbonyl (C=O) groups is 2. The van der Waals surface area contributed by atoms with Crippen molar-refractivity contribution in [2.75, 3.05) is 24.3 Å². The predicted molar refractivity (Wildman–Crippen MR) is 110 cm³/mol. The van der Waals surface area contributed by atoms with Crippen LogP contribution in [-0.4, -0.2) is 30.6 Å². The van der Waals surface area contributed by atoms with Crippen LogP contribution in [0.5, 0.6) is 5.75 Å². The lowest BCUT2D eigenvalue weighted by molar-refractivity contribution is 0.0950. The molecule has 0 saturated carbocycles. The first-order valence-electron chi connectivity index (χ1n) is 8.64. The summed E-state index contributed by atoms with van der Waals surface area (Å²) in [5.74, 6) is 0.521. The highest BCUT2D eigenvalue weighted by molar-refractivity contribution is 7.14. The summed E-state index contributed by atoms with van der Waals surface area (Å²) in [7, 11) is 1.62. The molecule has 0 aliphatic carbocycles. The number of nitrogens with zero attached hydrogens (tertiary/aromatic N) is 1. The third-order valence-electron chi connectivity index (χ3n) is 3.85. The van der Waals surface area contributed by atoms with Crippen molar-refractivity contribution in [1.82, 2.24) is 10.3 Å². The Hall–Kier alpha value is -3.39. The number of urea groups is 1. The smallest absolute Gasteiger partial charge is 0.325 e. The van der Waals surface area contributed by atoms with Crippen LogP contribution >= 0.6 is 11.3 Å². The zero-order valence-electron chi connectivity index (χ0n) is 15.3. The molecule has 0 spiro atoms. The van der Waals surface area contributed by atoms with E-state index in [4.69, 9.17) is 4.74 Å². The van der Waals surface area contributed by atoms with E-state index in [0.717, 1.165) is 11.3 Å². The Balaban J connectivity index is 1.46. The van der Waals surface area contributed by atoms with Gasteiger partial charge in [-0.1, -0.05) is 30.3 Å². The van der Waals surface area contributed by atoms with E-state index in [1.54, 1.807) is 24.6 Å². The average molecular weight is 396 g/mol. The Bertz CT molecular complexity index is 926.